The summed E-state index contributed by atoms with van der Waals surface area (Å²) in [4.78, 5) is 26.4. The molecule has 0 aliphatic carbocycles. The van der Waals surface area contributed by atoms with Gasteiger partial charge in [0.1, 0.15) is 5.54 Å². The predicted octanol–water partition coefficient (Wildman–Crippen LogP) is 0.810. The molecular weight excluding hydrogens is 353 g/mol. The molecule has 0 radical (unpaired) electrons. The number of hydrogen-bond acceptors (Lipinski definition) is 4. The van der Waals surface area contributed by atoms with Crippen LogP contribution in [0.5, 0.6) is 0 Å². The SMILES string of the molecule is Cl.Cl.O=C(NCc1ccc(=O)[nH]c1)C1(n2cccn2)CCNCC1. The van der Waals surface area contributed by atoms with Crippen molar-refractivity contribution in [2.45, 2.75) is 24.9 Å². The molecule has 0 unspecified atom stereocenters. The third-order valence-electron chi connectivity index (χ3n) is 4.10. The van der Waals surface area contributed by atoms with E-state index in [-0.39, 0.29) is 36.3 Å². The van der Waals surface area contributed by atoms with Gasteiger partial charge in [-0.05, 0) is 37.6 Å². The summed E-state index contributed by atoms with van der Waals surface area (Å²) in [6.07, 6.45) is 6.55. The molecule has 3 heterocycles. The maximum Gasteiger partial charge on any atom is 0.248 e. The lowest BCUT2D eigenvalue weighted by Crippen LogP contribution is -2.54. The topological polar surface area (TPSA) is 91.8 Å². The zero-order chi connectivity index (χ0) is 15.4. The summed E-state index contributed by atoms with van der Waals surface area (Å²) in [5, 5.41) is 10.5. The fourth-order valence-corrected chi connectivity index (χ4v) is 2.82. The van der Waals surface area contributed by atoms with Crippen LogP contribution in [-0.2, 0) is 16.9 Å². The largest absolute Gasteiger partial charge is 0.350 e. The van der Waals surface area contributed by atoms with Crippen LogP contribution in [-0.4, -0.2) is 33.8 Å². The molecule has 1 saturated heterocycles. The third kappa shape index (κ3) is 4.17. The maximum atomic E-state index is 12.8. The molecule has 0 bridgehead atoms. The Bertz CT molecular complexity index is 676. The van der Waals surface area contributed by atoms with Crippen molar-refractivity contribution in [1.82, 2.24) is 25.4 Å². The van der Waals surface area contributed by atoms with E-state index in [1.54, 1.807) is 23.1 Å². The fraction of sp³-hybridized carbons (Fsp3) is 0.400. The number of hydrogen-bond donors (Lipinski definition) is 3. The number of H-pyrrole nitrogens is 1. The van der Waals surface area contributed by atoms with Crippen molar-refractivity contribution in [1.29, 1.82) is 0 Å². The van der Waals surface area contributed by atoms with Crippen molar-refractivity contribution >= 4 is 30.7 Å². The third-order valence-corrected chi connectivity index (χ3v) is 4.10. The molecule has 2 aromatic heterocycles. The molecule has 3 rings (SSSR count). The highest BCUT2D eigenvalue weighted by atomic mass is 35.5. The summed E-state index contributed by atoms with van der Waals surface area (Å²) >= 11 is 0. The van der Waals surface area contributed by atoms with Crippen LogP contribution in [0.3, 0.4) is 0 Å². The number of carbonyl (C=O) groups excluding carboxylic acids is 1. The number of halogens is 2. The monoisotopic (exact) mass is 373 g/mol. The zero-order valence-electron chi connectivity index (χ0n) is 13.0. The lowest BCUT2D eigenvalue weighted by atomic mass is 9.87. The Morgan fingerprint density at radius 2 is 2.04 bits per heavy atom. The van der Waals surface area contributed by atoms with E-state index < -0.39 is 5.54 Å². The predicted molar refractivity (Wildman–Crippen MR) is 95.7 cm³/mol. The van der Waals surface area contributed by atoms with Crippen molar-refractivity contribution in [3.8, 4) is 0 Å². The van der Waals surface area contributed by atoms with E-state index in [4.69, 9.17) is 0 Å². The van der Waals surface area contributed by atoms with Crippen LogP contribution in [0.1, 0.15) is 18.4 Å². The van der Waals surface area contributed by atoms with Crippen LogP contribution < -0.4 is 16.2 Å². The Kier molecular flexibility index (Phi) is 7.47. The molecule has 0 saturated carbocycles. The number of pyridine rings is 1. The number of carbonyl (C=O) groups is 1. The van der Waals surface area contributed by atoms with Crippen LogP contribution in [0.15, 0.2) is 41.6 Å². The van der Waals surface area contributed by atoms with Gasteiger partial charge in [0.2, 0.25) is 11.5 Å². The molecule has 0 atom stereocenters. The summed E-state index contributed by atoms with van der Waals surface area (Å²) in [5.41, 5.74) is 0.0654. The maximum absolute atomic E-state index is 12.8. The van der Waals surface area contributed by atoms with Crippen molar-refractivity contribution in [3.63, 3.8) is 0 Å². The van der Waals surface area contributed by atoms with Crippen LogP contribution in [0.4, 0.5) is 0 Å². The zero-order valence-corrected chi connectivity index (χ0v) is 14.7. The van der Waals surface area contributed by atoms with Gasteiger partial charge in [-0.25, -0.2) is 0 Å². The Balaban J connectivity index is 0.00000144. The first-order chi connectivity index (χ1) is 10.7. The van der Waals surface area contributed by atoms with E-state index in [1.807, 2.05) is 12.3 Å². The minimum absolute atomic E-state index is 0. The van der Waals surface area contributed by atoms with E-state index in [0.717, 1.165) is 18.7 Å². The van der Waals surface area contributed by atoms with E-state index in [0.29, 0.717) is 19.4 Å². The lowest BCUT2D eigenvalue weighted by molar-refractivity contribution is -0.132. The Morgan fingerprint density at radius 1 is 1.29 bits per heavy atom. The first-order valence-electron chi connectivity index (χ1n) is 7.37. The van der Waals surface area contributed by atoms with Gasteiger partial charge in [0, 0.05) is 31.2 Å². The first kappa shape index (κ1) is 20.2. The second kappa shape index (κ2) is 8.86. The molecule has 0 spiro atoms. The van der Waals surface area contributed by atoms with Gasteiger partial charge < -0.3 is 15.6 Å². The molecule has 1 aliphatic rings. The summed E-state index contributed by atoms with van der Waals surface area (Å²) in [6.45, 7) is 1.95. The Hall–Kier alpha value is -1.83. The second-order valence-electron chi connectivity index (χ2n) is 5.48. The molecule has 9 heteroatoms. The smallest absolute Gasteiger partial charge is 0.248 e. The van der Waals surface area contributed by atoms with Gasteiger partial charge in [0.25, 0.3) is 0 Å². The quantitative estimate of drug-likeness (QED) is 0.739. The molecule has 0 aromatic carbocycles. The molecule has 2 aromatic rings. The van der Waals surface area contributed by atoms with Crippen LogP contribution in [0, 0.1) is 0 Å². The van der Waals surface area contributed by atoms with Gasteiger partial charge >= 0.3 is 0 Å². The van der Waals surface area contributed by atoms with Gasteiger partial charge in [-0.1, -0.05) is 6.07 Å². The van der Waals surface area contributed by atoms with E-state index in [1.165, 1.54) is 6.07 Å². The fourth-order valence-electron chi connectivity index (χ4n) is 2.82. The van der Waals surface area contributed by atoms with Crippen LogP contribution in [0.25, 0.3) is 0 Å². The van der Waals surface area contributed by atoms with Crippen molar-refractivity contribution in [2.24, 2.45) is 0 Å². The lowest BCUT2D eigenvalue weighted by Gasteiger charge is -2.36. The molecule has 1 fully saturated rings. The van der Waals surface area contributed by atoms with Gasteiger partial charge in [-0.2, -0.15) is 5.10 Å². The highest BCUT2D eigenvalue weighted by Gasteiger charge is 2.41. The summed E-state index contributed by atoms with van der Waals surface area (Å²) < 4.78 is 1.76. The number of rotatable bonds is 4. The number of aromatic amines is 1. The normalized spacial score (nSPS) is 15.7. The van der Waals surface area contributed by atoms with Gasteiger partial charge in [-0.3, -0.25) is 14.3 Å². The van der Waals surface area contributed by atoms with Crippen molar-refractivity contribution in [3.05, 3.63) is 52.7 Å². The number of aromatic nitrogens is 3. The molecule has 3 N–H and O–H groups in total. The number of piperidine rings is 1. The van der Waals surface area contributed by atoms with Crippen molar-refractivity contribution in [2.75, 3.05) is 13.1 Å². The summed E-state index contributed by atoms with van der Waals surface area (Å²) in [7, 11) is 0. The van der Waals surface area contributed by atoms with Gasteiger partial charge in [0.15, 0.2) is 0 Å². The highest BCUT2D eigenvalue weighted by Crippen LogP contribution is 2.27. The Morgan fingerprint density at radius 3 is 2.62 bits per heavy atom. The van der Waals surface area contributed by atoms with Gasteiger partial charge in [0.05, 0.1) is 0 Å². The number of nitrogens with one attached hydrogen (secondary N) is 3. The average Bonchev–Trinajstić information content (AvgIpc) is 3.09. The molecule has 1 aliphatic heterocycles. The van der Waals surface area contributed by atoms with Gasteiger partial charge in [-0.15, -0.1) is 24.8 Å². The number of nitrogens with zero attached hydrogens (tertiary/aromatic N) is 2. The van der Waals surface area contributed by atoms with Crippen LogP contribution >= 0.6 is 24.8 Å². The molecule has 7 nitrogen and oxygen atoms in total. The second-order valence-corrected chi connectivity index (χ2v) is 5.48. The summed E-state index contributed by atoms with van der Waals surface area (Å²) in [5.74, 6) is -0.0381. The Labute approximate surface area is 152 Å². The molecular formula is C15H21Cl2N5O2. The average molecular weight is 374 g/mol. The van der Waals surface area contributed by atoms with Crippen molar-refractivity contribution < 1.29 is 4.79 Å². The van der Waals surface area contributed by atoms with E-state index in [9.17, 15) is 9.59 Å². The highest BCUT2D eigenvalue weighted by molar-refractivity contribution is 5.85. The summed E-state index contributed by atoms with van der Waals surface area (Å²) in [6, 6.07) is 5.00. The molecule has 1 amide bonds. The van der Waals surface area contributed by atoms with Crippen LogP contribution in [0.2, 0.25) is 0 Å². The standard InChI is InChI=1S/C15H19N5O2.2ClH/c21-13-3-2-12(10-17-13)11-18-14(22)15(4-7-16-8-5-15)20-9-1-6-19-20;;/h1-3,6,9-10,16H,4-5,7-8,11H2,(H,17,21)(H,18,22);2*1H. The first-order valence-corrected chi connectivity index (χ1v) is 7.37. The molecule has 24 heavy (non-hydrogen) atoms. The number of amides is 1. The molecule has 132 valence electrons. The van der Waals surface area contributed by atoms with E-state index in [2.05, 4.69) is 20.7 Å². The minimum atomic E-state index is -0.642. The van der Waals surface area contributed by atoms with E-state index >= 15 is 0 Å². The minimum Gasteiger partial charge on any atom is -0.350 e.